The van der Waals surface area contributed by atoms with Crippen LogP contribution in [0.3, 0.4) is 0 Å². The van der Waals surface area contributed by atoms with Crippen LogP contribution in [0.25, 0.3) is 0 Å². The van der Waals surface area contributed by atoms with Crippen LogP contribution in [0.4, 0.5) is 28.4 Å². The number of amidine groups is 3. The molecule has 9 nitrogen and oxygen atoms in total. The zero-order valence-corrected chi connectivity index (χ0v) is 31.8. The minimum absolute atomic E-state index is 0.0450. The van der Waals surface area contributed by atoms with Gasteiger partial charge >= 0.3 is 0 Å². The summed E-state index contributed by atoms with van der Waals surface area (Å²) in [6, 6.07) is 54.6. The van der Waals surface area contributed by atoms with Crippen LogP contribution >= 0.6 is 0 Å². The summed E-state index contributed by atoms with van der Waals surface area (Å²) >= 11 is 0. The van der Waals surface area contributed by atoms with Gasteiger partial charge in [0.1, 0.15) is 17.4 Å². The Morgan fingerprint density at radius 2 is 1.07 bits per heavy atom. The Bertz CT molecular complexity index is 2420. The van der Waals surface area contributed by atoms with Crippen LogP contribution in [0.1, 0.15) is 33.7 Å². The van der Waals surface area contributed by atoms with Gasteiger partial charge in [-0.25, -0.2) is 14.9 Å². The van der Waals surface area contributed by atoms with Crippen molar-refractivity contribution in [1.82, 2.24) is 4.90 Å². The molecule has 0 aromatic heterocycles. The lowest BCUT2D eigenvalue weighted by atomic mass is 9.84. The monoisotopic (exact) mass is 744 g/mol. The molecule has 0 saturated heterocycles. The average Bonchev–Trinajstić information content (AvgIpc) is 3.27. The number of para-hydroxylation sites is 2. The van der Waals surface area contributed by atoms with Gasteiger partial charge < -0.3 is 20.3 Å². The van der Waals surface area contributed by atoms with E-state index in [1.54, 1.807) is 7.11 Å². The molecule has 0 radical (unpaired) electrons. The van der Waals surface area contributed by atoms with E-state index >= 15 is 0 Å². The molecule has 0 bridgehead atoms. The highest BCUT2D eigenvalue weighted by molar-refractivity contribution is 6.26. The summed E-state index contributed by atoms with van der Waals surface area (Å²) in [7, 11) is 5.49. The number of nitrogens with one attached hydrogen (secondary N) is 2. The number of rotatable bonds is 11. The number of ether oxygens (including phenoxy) is 1. The van der Waals surface area contributed by atoms with Crippen molar-refractivity contribution in [3.05, 3.63) is 209 Å². The summed E-state index contributed by atoms with van der Waals surface area (Å²) in [5, 5.41) is 6.85. The number of hydrogen-bond acceptors (Lipinski definition) is 9. The molecule has 9 rings (SSSR count). The van der Waals surface area contributed by atoms with Crippen LogP contribution in [-0.2, 0) is 4.74 Å². The molecular weight excluding hydrogens is 705 g/mol. The molecule has 57 heavy (non-hydrogen) atoms. The second-order valence-electron chi connectivity index (χ2n) is 13.6. The van der Waals surface area contributed by atoms with Crippen LogP contribution in [-0.4, -0.2) is 49.6 Å². The standard InChI is InChI=1S/C48H40N8O/c1-49-41-28-34(45(32-16-8-4-9-17-32)33-18-10-5-11-19-33)24-26-39(41)46-51-43-30-38(57-3)31-44-52-47(54-48(53-46)56(43)44)40-27-25-37(29-42(40)50-2)55(35-20-12-6-13-21-35)36-22-14-7-15-23-36/h4-31,45,49-50H,1-3H3. The van der Waals surface area contributed by atoms with E-state index in [1.165, 1.54) is 11.1 Å². The fourth-order valence-corrected chi connectivity index (χ4v) is 7.54. The molecule has 3 heterocycles. The van der Waals surface area contributed by atoms with E-state index in [0.29, 0.717) is 35.0 Å². The van der Waals surface area contributed by atoms with Crippen molar-refractivity contribution in [3.63, 3.8) is 0 Å². The SMILES string of the molecule is CNc1cc(C(c2ccccc2)c2ccccc2)ccc1C1=NC2=CC(OC)=CC3=NC(c4ccc(N(c5ccccc5)c5ccccc5)cc4NC)=NC(=N1)N23. The number of methoxy groups -OCH3 is 1. The fourth-order valence-electron chi connectivity index (χ4n) is 7.54. The van der Waals surface area contributed by atoms with Gasteiger partial charge in [0.05, 0.1) is 7.11 Å². The Morgan fingerprint density at radius 1 is 0.526 bits per heavy atom. The summed E-state index contributed by atoms with van der Waals surface area (Å²) in [5.74, 6) is 3.45. The molecule has 0 aliphatic carbocycles. The van der Waals surface area contributed by atoms with Crippen molar-refractivity contribution in [3.8, 4) is 0 Å². The molecule has 2 N–H and O–H groups in total. The Kier molecular flexibility index (Phi) is 9.46. The van der Waals surface area contributed by atoms with Gasteiger partial charge in [0.25, 0.3) is 0 Å². The van der Waals surface area contributed by atoms with Crippen LogP contribution in [0, 0.1) is 0 Å². The average molecular weight is 745 g/mol. The second-order valence-corrected chi connectivity index (χ2v) is 13.6. The molecule has 278 valence electrons. The van der Waals surface area contributed by atoms with Crippen LogP contribution in [0.15, 0.2) is 201 Å². The molecule has 3 aliphatic heterocycles. The first-order valence-corrected chi connectivity index (χ1v) is 18.9. The first-order valence-electron chi connectivity index (χ1n) is 18.9. The minimum atomic E-state index is 0.0450. The topological polar surface area (TPSA) is 89.2 Å². The summed E-state index contributed by atoms with van der Waals surface area (Å²) < 4.78 is 5.75. The molecular formula is C48H40N8O. The van der Waals surface area contributed by atoms with Gasteiger partial charge in [-0.1, -0.05) is 103 Å². The lowest BCUT2D eigenvalue weighted by Gasteiger charge is -2.33. The third-order valence-corrected chi connectivity index (χ3v) is 10.2. The Hall–Kier alpha value is -7.52. The van der Waals surface area contributed by atoms with Crippen molar-refractivity contribution in [2.75, 3.05) is 36.7 Å². The maximum Gasteiger partial charge on any atom is 0.241 e. The van der Waals surface area contributed by atoms with E-state index in [9.17, 15) is 0 Å². The Balaban J connectivity index is 1.12. The first kappa shape index (κ1) is 35.2. The number of guanidine groups is 1. The van der Waals surface area contributed by atoms with Gasteiger partial charge in [0.15, 0.2) is 11.7 Å². The number of hydrogen-bond donors (Lipinski definition) is 2. The molecule has 9 heteroatoms. The molecule has 6 aromatic carbocycles. The summed E-state index contributed by atoms with van der Waals surface area (Å²) in [6.07, 6.45) is 3.77. The Labute approximate surface area is 332 Å². The fraction of sp³-hybridized carbons (Fsp3) is 0.0833. The molecule has 0 saturated carbocycles. The number of nitrogens with zero attached hydrogens (tertiary/aromatic N) is 6. The van der Waals surface area contributed by atoms with Crippen molar-refractivity contribution >= 4 is 51.9 Å². The van der Waals surface area contributed by atoms with Gasteiger partial charge in [-0.15, -0.1) is 0 Å². The van der Waals surface area contributed by atoms with Gasteiger partial charge in [-0.3, -0.25) is 0 Å². The van der Waals surface area contributed by atoms with E-state index in [0.717, 1.165) is 45.1 Å². The molecule has 0 fully saturated rings. The molecule has 0 amide bonds. The van der Waals surface area contributed by atoms with Gasteiger partial charge in [0, 0.05) is 71.7 Å². The first-order chi connectivity index (χ1) is 28.1. The Morgan fingerprint density at radius 3 is 1.65 bits per heavy atom. The molecule has 3 aliphatic rings. The highest BCUT2D eigenvalue weighted by Gasteiger charge is 2.34. The molecule has 6 aromatic rings. The van der Waals surface area contributed by atoms with E-state index in [4.69, 9.17) is 24.7 Å². The van der Waals surface area contributed by atoms with Crippen LogP contribution in [0.2, 0.25) is 0 Å². The van der Waals surface area contributed by atoms with E-state index in [2.05, 4.69) is 161 Å². The molecule has 0 spiro atoms. The second kappa shape index (κ2) is 15.3. The lowest BCUT2D eigenvalue weighted by molar-refractivity contribution is 0.304. The summed E-state index contributed by atoms with van der Waals surface area (Å²) in [6.45, 7) is 0. The molecule has 0 unspecified atom stereocenters. The number of benzene rings is 6. The third kappa shape index (κ3) is 6.76. The van der Waals surface area contributed by atoms with Crippen LogP contribution in [0.5, 0.6) is 0 Å². The predicted octanol–water partition coefficient (Wildman–Crippen LogP) is 10.1. The van der Waals surface area contributed by atoms with E-state index in [1.807, 2.05) is 43.3 Å². The van der Waals surface area contributed by atoms with Crippen molar-refractivity contribution in [2.45, 2.75) is 5.92 Å². The predicted molar refractivity (Wildman–Crippen MR) is 233 cm³/mol. The minimum Gasteiger partial charge on any atom is -0.496 e. The van der Waals surface area contributed by atoms with Crippen molar-refractivity contribution in [1.29, 1.82) is 0 Å². The normalized spacial score (nSPS) is 14.3. The largest absolute Gasteiger partial charge is 0.496 e. The third-order valence-electron chi connectivity index (χ3n) is 10.2. The van der Waals surface area contributed by atoms with Gasteiger partial charge in [-0.2, -0.15) is 9.98 Å². The highest BCUT2D eigenvalue weighted by atomic mass is 16.5. The molecule has 0 atom stereocenters. The van der Waals surface area contributed by atoms with Gasteiger partial charge in [0.2, 0.25) is 5.96 Å². The number of anilines is 5. The van der Waals surface area contributed by atoms with E-state index in [-0.39, 0.29) is 5.92 Å². The highest BCUT2D eigenvalue weighted by Crippen LogP contribution is 2.38. The zero-order chi connectivity index (χ0) is 38.7. The van der Waals surface area contributed by atoms with Crippen molar-refractivity contribution < 1.29 is 4.74 Å². The van der Waals surface area contributed by atoms with E-state index < -0.39 is 0 Å². The summed E-state index contributed by atoms with van der Waals surface area (Å²) in [5.41, 5.74) is 10.1. The maximum atomic E-state index is 5.75. The smallest absolute Gasteiger partial charge is 0.241 e. The summed E-state index contributed by atoms with van der Waals surface area (Å²) in [4.78, 5) is 24.4. The zero-order valence-electron chi connectivity index (χ0n) is 31.8. The number of allylic oxidation sites excluding steroid dienone is 1. The lowest BCUT2D eigenvalue weighted by Crippen LogP contribution is -2.42. The van der Waals surface area contributed by atoms with Gasteiger partial charge in [-0.05, 0) is 71.3 Å². The van der Waals surface area contributed by atoms with Crippen LogP contribution < -0.4 is 15.5 Å². The number of aliphatic imine (C=N–C) groups is 4. The maximum absolute atomic E-state index is 5.75. The quantitative estimate of drug-likeness (QED) is 0.129. The van der Waals surface area contributed by atoms with Crippen molar-refractivity contribution in [2.24, 2.45) is 20.0 Å².